The quantitative estimate of drug-likeness (QED) is 0.650. The predicted octanol–water partition coefficient (Wildman–Crippen LogP) is 3.49. The molecule has 0 spiro atoms. The number of carbonyl (C=O) groups excluding carboxylic acids is 1. The van der Waals surface area contributed by atoms with E-state index in [2.05, 4.69) is 4.72 Å². The van der Waals surface area contributed by atoms with Crippen molar-refractivity contribution in [2.75, 3.05) is 11.0 Å². The minimum absolute atomic E-state index is 0.123. The lowest BCUT2D eigenvalue weighted by Crippen LogP contribution is -2.13. The third-order valence-corrected chi connectivity index (χ3v) is 2.50. The van der Waals surface area contributed by atoms with Gasteiger partial charge in [-0.3, -0.25) is 4.79 Å². The zero-order chi connectivity index (χ0) is 12.3. The molecule has 0 aliphatic heterocycles. The van der Waals surface area contributed by atoms with Gasteiger partial charge in [-0.1, -0.05) is 25.8 Å². The molecule has 1 rings (SSSR count). The first kappa shape index (κ1) is 13.0. The molecule has 0 aliphatic rings. The molecule has 16 heavy (non-hydrogen) atoms. The Kier molecular flexibility index (Phi) is 4.29. The van der Waals surface area contributed by atoms with Crippen LogP contribution in [0.4, 0.5) is 14.5 Å². The molecule has 1 aromatic rings. The molecular formula is C11H13F2NOS. The molecule has 0 saturated heterocycles. The fourth-order valence-electron chi connectivity index (χ4n) is 1.26. The van der Waals surface area contributed by atoms with Crippen LogP contribution in [-0.2, 0) is 0 Å². The Morgan fingerprint density at radius 3 is 2.50 bits per heavy atom. The Labute approximate surface area is 97.6 Å². The highest BCUT2D eigenvalue weighted by Crippen LogP contribution is 2.25. The number of nitrogens with one attached hydrogen (secondary N) is 1. The molecular weight excluding hydrogens is 232 g/mol. The molecule has 1 N–H and O–H groups in total. The standard InChI is InChI=1S/C11H13F2NOS/c1-6(2)11(15)9-7(12)4-5-8(10(9)13)14-16-3/h4-6,14H,1-3H3. The van der Waals surface area contributed by atoms with Crippen molar-refractivity contribution in [3.63, 3.8) is 0 Å². The van der Waals surface area contributed by atoms with Crippen LogP contribution in [0, 0.1) is 17.6 Å². The second-order valence-electron chi connectivity index (χ2n) is 3.61. The lowest BCUT2D eigenvalue weighted by Gasteiger charge is -2.10. The van der Waals surface area contributed by atoms with Gasteiger partial charge in [-0.2, -0.15) is 0 Å². The first-order valence-corrected chi connectivity index (χ1v) is 6.02. The van der Waals surface area contributed by atoms with Crippen molar-refractivity contribution in [1.82, 2.24) is 0 Å². The summed E-state index contributed by atoms with van der Waals surface area (Å²) in [5, 5.41) is 0. The maximum atomic E-state index is 13.8. The Morgan fingerprint density at radius 1 is 1.38 bits per heavy atom. The number of hydrogen-bond donors (Lipinski definition) is 1. The maximum absolute atomic E-state index is 13.8. The second kappa shape index (κ2) is 5.30. The van der Waals surface area contributed by atoms with E-state index in [0.717, 1.165) is 6.07 Å². The molecule has 1 aromatic carbocycles. The summed E-state index contributed by atoms with van der Waals surface area (Å²) >= 11 is 1.18. The van der Waals surface area contributed by atoms with Crippen LogP contribution in [0.1, 0.15) is 24.2 Å². The summed E-state index contributed by atoms with van der Waals surface area (Å²) in [6.07, 6.45) is 1.72. The molecule has 0 aromatic heterocycles. The molecule has 0 unspecified atom stereocenters. The van der Waals surface area contributed by atoms with Gasteiger partial charge in [0.15, 0.2) is 11.6 Å². The van der Waals surface area contributed by atoms with Gasteiger partial charge in [-0.05, 0) is 12.1 Å². The van der Waals surface area contributed by atoms with Gasteiger partial charge in [-0.25, -0.2) is 8.78 Å². The van der Waals surface area contributed by atoms with Crippen molar-refractivity contribution in [3.05, 3.63) is 29.3 Å². The Balaban J connectivity index is 3.26. The molecule has 0 fully saturated rings. The molecule has 0 saturated carbocycles. The average molecular weight is 245 g/mol. The number of hydrogen-bond acceptors (Lipinski definition) is 3. The van der Waals surface area contributed by atoms with Gasteiger partial charge in [0.05, 0.1) is 11.3 Å². The average Bonchev–Trinajstić information content (AvgIpc) is 2.22. The first-order valence-electron chi connectivity index (χ1n) is 4.80. The van der Waals surface area contributed by atoms with Gasteiger partial charge in [-0.15, -0.1) is 0 Å². The van der Waals surface area contributed by atoms with E-state index in [-0.39, 0.29) is 5.69 Å². The summed E-state index contributed by atoms with van der Waals surface area (Å²) in [5.74, 6) is -2.61. The first-order chi connectivity index (χ1) is 7.49. The highest BCUT2D eigenvalue weighted by Gasteiger charge is 2.22. The molecule has 0 heterocycles. The van der Waals surface area contributed by atoms with Gasteiger partial charge in [0.2, 0.25) is 0 Å². The summed E-state index contributed by atoms with van der Waals surface area (Å²) in [4.78, 5) is 11.6. The van der Waals surface area contributed by atoms with Crippen molar-refractivity contribution < 1.29 is 13.6 Å². The largest absolute Gasteiger partial charge is 0.327 e. The number of rotatable bonds is 4. The summed E-state index contributed by atoms with van der Waals surface area (Å²) in [7, 11) is 0. The zero-order valence-electron chi connectivity index (χ0n) is 9.30. The number of ketones is 1. The fourth-order valence-corrected chi connectivity index (χ4v) is 1.63. The number of anilines is 1. The maximum Gasteiger partial charge on any atom is 0.171 e. The molecule has 88 valence electrons. The van der Waals surface area contributed by atoms with Crippen LogP contribution in [-0.4, -0.2) is 12.0 Å². The van der Waals surface area contributed by atoms with Gasteiger partial charge < -0.3 is 4.72 Å². The van der Waals surface area contributed by atoms with Gasteiger partial charge >= 0.3 is 0 Å². The van der Waals surface area contributed by atoms with Crippen LogP contribution >= 0.6 is 11.9 Å². The Hall–Kier alpha value is -1.10. The normalized spacial score (nSPS) is 10.6. The number of carbonyl (C=O) groups is 1. The molecule has 0 radical (unpaired) electrons. The van der Waals surface area contributed by atoms with Crippen molar-refractivity contribution in [1.29, 1.82) is 0 Å². The van der Waals surface area contributed by atoms with E-state index in [4.69, 9.17) is 0 Å². The molecule has 0 atom stereocenters. The Morgan fingerprint density at radius 2 is 2.00 bits per heavy atom. The summed E-state index contributed by atoms with van der Waals surface area (Å²) in [5.41, 5.74) is -0.341. The smallest absolute Gasteiger partial charge is 0.171 e. The monoisotopic (exact) mass is 245 g/mol. The third kappa shape index (κ3) is 2.52. The van der Waals surface area contributed by atoms with Gasteiger partial charge in [0, 0.05) is 12.2 Å². The summed E-state index contributed by atoms with van der Waals surface area (Å²) < 4.78 is 29.8. The SMILES string of the molecule is CSNc1ccc(F)c(C(=O)C(C)C)c1F. The molecule has 2 nitrogen and oxygen atoms in total. The fraction of sp³-hybridized carbons (Fsp3) is 0.364. The summed E-state index contributed by atoms with van der Waals surface area (Å²) in [6, 6.07) is 2.37. The molecule has 0 bridgehead atoms. The van der Waals surface area contributed by atoms with Gasteiger partial charge in [0.1, 0.15) is 5.82 Å². The lowest BCUT2D eigenvalue weighted by molar-refractivity contribution is 0.0931. The van der Waals surface area contributed by atoms with E-state index in [1.165, 1.54) is 18.0 Å². The van der Waals surface area contributed by atoms with E-state index in [1.54, 1.807) is 20.1 Å². The van der Waals surface area contributed by atoms with Crippen LogP contribution in [0.15, 0.2) is 12.1 Å². The number of Topliss-reactive ketones (excluding diaryl/α,β-unsaturated/α-hetero) is 1. The van der Waals surface area contributed by atoms with Crippen LogP contribution < -0.4 is 4.72 Å². The zero-order valence-corrected chi connectivity index (χ0v) is 10.1. The number of halogens is 2. The number of benzene rings is 1. The second-order valence-corrected chi connectivity index (χ2v) is 4.22. The topological polar surface area (TPSA) is 29.1 Å². The van der Waals surface area contributed by atoms with E-state index in [0.29, 0.717) is 0 Å². The van der Waals surface area contributed by atoms with E-state index in [9.17, 15) is 13.6 Å². The van der Waals surface area contributed by atoms with E-state index in [1.807, 2.05) is 0 Å². The minimum Gasteiger partial charge on any atom is -0.327 e. The highest BCUT2D eigenvalue weighted by molar-refractivity contribution is 7.99. The molecule has 0 amide bonds. The van der Waals surface area contributed by atoms with E-state index < -0.39 is 28.9 Å². The third-order valence-electron chi connectivity index (χ3n) is 2.07. The van der Waals surface area contributed by atoms with Crippen LogP contribution in [0.5, 0.6) is 0 Å². The van der Waals surface area contributed by atoms with Crippen molar-refractivity contribution in [2.24, 2.45) is 5.92 Å². The predicted molar refractivity (Wildman–Crippen MR) is 62.7 cm³/mol. The highest BCUT2D eigenvalue weighted by atomic mass is 32.2. The lowest BCUT2D eigenvalue weighted by atomic mass is 9.99. The summed E-state index contributed by atoms with van der Waals surface area (Å²) in [6.45, 7) is 3.21. The van der Waals surface area contributed by atoms with Crippen molar-refractivity contribution in [2.45, 2.75) is 13.8 Å². The van der Waals surface area contributed by atoms with Crippen LogP contribution in [0.2, 0.25) is 0 Å². The van der Waals surface area contributed by atoms with Crippen LogP contribution in [0.3, 0.4) is 0 Å². The molecule has 5 heteroatoms. The van der Waals surface area contributed by atoms with Crippen molar-refractivity contribution in [3.8, 4) is 0 Å². The Bertz CT molecular complexity index is 407. The minimum atomic E-state index is -0.826. The van der Waals surface area contributed by atoms with E-state index >= 15 is 0 Å². The van der Waals surface area contributed by atoms with Crippen LogP contribution in [0.25, 0.3) is 0 Å². The van der Waals surface area contributed by atoms with Gasteiger partial charge in [0.25, 0.3) is 0 Å². The van der Waals surface area contributed by atoms with Crippen molar-refractivity contribution >= 4 is 23.4 Å². The molecule has 0 aliphatic carbocycles.